The third-order valence-corrected chi connectivity index (χ3v) is 6.70. The lowest BCUT2D eigenvalue weighted by atomic mass is 10.1. The summed E-state index contributed by atoms with van der Waals surface area (Å²) >= 11 is 12.0. The number of halogens is 2. The molecule has 0 aliphatic heterocycles. The monoisotopic (exact) mass is 644 g/mol. The molecule has 0 spiro atoms. The van der Waals surface area contributed by atoms with Crippen LogP contribution in [0.15, 0.2) is 57.4 Å². The Hall–Kier alpha value is -3.88. The molecule has 0 fully saturated rings. The minimum Gasteiger partial charge on any atom is -0.508 e. The molecule has 4 aromatic rings. The lowest BCUT2D eigenvalue weighted by Crippen LogP contribution is -2.06. The van der Waals surface area contributed by atoms with Gasteiger partial charge < -0.3 is 28.2 Å². The van der Waals surface area contributed by atoms with Crippen molar-refractivity contribution in [2.45, 2.75) is 54.4 Å². The molecule has 0 unspecified atom stereocenters. The van der Waals surface area contributed by atoms with E-state index in [4.69, 9.17) is 46.2 Å². The van der Waals surface area contributed by atoms with Gasteiger partial charge in [-0.3, -0.25) is 0 Å². The first-order chi connectivity index (χ1) is 20.9. The number of esters is 2. The predicted octanol–water partition coefficient (Wildman–Crippen LogP) is 8.76. The molecule has 2 heterocycles. The molecule has 1 N–H and O–H groups in total. The van der Waals surface area contributed by atoms with Crippen LogP contribution in [0.2, 0.25) is 10.0 Å². The lowest BCUT2D eigenvalue weighted by molar-refractivity contribution is 0.0478. The summed E-state index contributed by atoms with van der Waals surface area (Å²) in [6.45, 7) is 12.5. The van der Waals surface area contributed by atoms with Gasteiger partial charge in [-0.25, -0.2) is 9.59 Å². The maximum absolute atomic E-state index is 11.9. The van der Waals surface area contributed by atoms with Gasteiger partial charge in [-0.1, -0.05) is 37.0 Å². The Kier molecular flexibility index (Phi) is 12.8. The van der Waals surface area contributed by atoms with Crippen molar-refractivity contribution in [1.82, 2.24) is 0 Å². The van der Waals surface area contributed by atoms with E-state index in [1.54, 1.807) is 45.0 Å². The molecule has 0 saturated heterocycles. The largest absolute Gasteiger partial charge is 0.508 e. The predicted molar refractivity (Wildman–Crippen MR) is 169 cm³/mol. The summed E-state index contributed by atoms with van der Waals surface area (Å²) < 4.78 is 26.9. The van der Waals surface area contributed by atoms with Gasteiger partial charge in [0.05, 0.1) is 19.8 Å². The first-order valence-corrected chi connectivity index (χ1v) is 15.1. The normalized spacial score (nSPS) is 10.8. The summed E-state index contributed by atoms with van der Waals surface area (Å²) in [5, 5.41) is 10.9. The zero-order valence-corrected chi connectivity index (χ0v) is 27.3. The Labute approximate surface area is 267 Å². The van der Waals surface area contributed by atoms with E-state index in [-0.39, 0.29) is 17.3 Å². The highest BCUT2D eigenvalue weighted by molar-refractivity contribution is 6.31. The maximum Gasteiger partial charge on any atom is 0.374 e. The summed E-state index contributed by atoms with van der Waals surface area (Å²) in [4.78, 5) is 23.5. The fraction of sp³-hybridized carbons (Fsp3) is 0.353. The van der Waals surface area contributed by atoms with Gasteiger partial charge in [0.15, 0.2) is 0 Å². The van der Waals surface area contributed by atoms with Crippen LogP contribution in [0.4, 0.5) is 0 Å². The molecular weight excluding hydrogens is 607 g/mol. The van der Waals surface area contributed by atoms with Crippen molar-refractivity contribution in [3.63, 3.8) is 0 Å². The first-order valence-electron chi connectivity index (χ1n) is 14.3. The van der Waals surface area contributed by atoms with Gasteiger partial charge in [0.1, 0.15) is 23.0 Å². The average molecular weight is 646 g/mol. The lowest BCUT2D eigenvalue weighted by Gasteiger charge is -2.13. The minimum absolute atomic E-state index is 0.140. The average Bonchev–Trinajstić information content (AvgIpc) is 3.52. The van der Waals surface area contributed by atoms with Crippen molar-refractivity contribution in [2.24, 2.45) is 5.92 Å². The van der Waals surface area contributed by atoms with Gasteiger partial charge in [-0.05, 0) is 82.1 Å². The highest BCUT2D eigenvalue weighted by Gasteiger charge is 2.19. The molecule has 0 atom stereocenters. The molecule has 0 aliphatic carbocycles. The third kappa shape index (κ3) is 9.82. The Morgan fingerprint density at radius 2 is 1.25 bits per heavy atom. The van der Waals surface area contributed by atoms with Crippen LogP contribution in [-0.2, 0) is 22.3 Å². The van der Waals surface area contributed by atoms with E-state index in [9.17, 15) is 14.7 Å². The molecule has 0 aliphatic rings. The van der Waals surface area contributed by atoms with E-state index in [1.807, 2.05) is 25.1 Å². The summed E-state index contributed by atoms with van der Waals surface area (Å²) in [6.07, 6.45) is 0.848. The molecule has 0 radical (unpaired) electrons. The molecule has 236 valence electrons. The van der Waals surface area contributed by atoms with Crippen molar-refractivity contribution in [2.75, 3.05) is 19.8 Å². The second-order valence-corrected chi connectivity index (χ2v) is 11.3. The molecule has 44 heavy (non-hydrogen) atoms. The van der Waals surface area contributed by atoms with Gasteiger partial charge in [0, 0.05) is 45.1 Å². The van der Waals surface area contributed by atoms with Gasteiger partial charge in [-0.15, -0.1) is 0 Å². The van der Waals surface area contributed by atoms with Gasteiger partial charge >= 0.3 is 11.9 Å². The SMILES string of the molecule is CCOC(=O)c1oc(Cc2cc(Cl)ccc2O)cc1C.CCOC(=O)c1oc(Cc2cc(Cl)ccc2OCC(C)C)cc1C. The summed E-state index contributed by atoms with van der Waals surface area (Å²) in [5.74, 6) is 2.11. The smallest absolute Gasteiger partial charge is 0.374 e. The van der Waals surface area contributed by atoms with Crippen molar-refractivity contribution in [3.8, 4) is 11.5 Å². The number of ether oxygens (including phenoxy) is 3. The fourth-order valence-corrected chi connectivity index (χ4v) is 4.61. The molecule has 2 aromatic heterocycles. The van der Waals surface area contributed by atoms with Crippen molar-refractivity contribution in [3.05, 3.63) is 104 Å². The van der Waals surface area contributed by atoms with E-state index in [2.05, 4.69) is 13.8 Å². The quantitative estimate of drug-likeness (QED) is 0.161. The Bertz CT molecular complexity index is 1570. The summed E-state index contributed by atoms with van der Waals surface area (Å²) in [6, 6.07) is 13.9. The molecule has 4 rings (SSSR count). The van der Waals surface area contributed by atoms with Crippen molar-refractivity contribution >= 4 is 35.1 Å². The van der Waals surface area contributed by atoms with Crippen LogP contribution in [-0.4, -0.2) is 36.9 Å². The molecule has 0 saturated carbocycles. The highest BCUT2D eigenvalue weighted by atomic mass is 35.5. The van der Waals surface area contributed by atoms with E-state index < -0.39 is 11.9 Å². The Morgan fingerprint density at radius 3 is 1.75 bits per heavy atom. The second kappa shape index (κ2) is 16.3. The van der Waals surface area contributed by atoms with Gasteiger partial charge in [0.25, 0.3) is 0 Å². The maximum atomic E-state index is 11.9. The van der Waals surface area contributed by atoms with Crippen molar-refractivity contribution < 1.29 is 37.7 Å². The molecular formula is C34H38Cl2O8. The number of phenolic OH excluding ortho intramolecular Hbond substituents is 1. The zero-order valence-electron chi connectivity index (χ0n) is 25.8. The topological polar surface area (TPSA) is 108 Å². The van der Waals surface area contributed by atoms with Crippen LogP contribution in [0, 0.1) is 19.8 Å². The molecule has 0 bridgehead atoms. The molecule has 10 heteroatoms. The number of hydrogen-bond donors (Lipinski definition) is 1. The van der Waals surface area contributed by atoms with Crippen LogP contribution < -0.4 is 4.74 Å². The molecule has 8 nitrogen and oxygen atoms in total. The number of carbonyl (C=O) groups excluding carboxylic acids is 2. The van der Waals surface area contributed by atoms with Crippen LogP contribution in [0.1, 0.15) is 82.6 Å². The van der Waals surface area contributed by atoms with Crippen LogP contribution in [0.5, 0.6) is 11.5 Å². The first kappa shape index (κ1) is 34.6. The van der Waals surface area contributed by atoms with E-state index in [0.29, 0.717) is 71.3 Å². The second-order valence-electron chi connectivity index (χ2n) is 10.5. The van der Waals surface area contributed by atoms with Crippen molar-refractivity contribution in [1.29, 1.82) is 0 Å². The fourth-order valence-electron chi connectivity index (χ4n) is 4.22. The van der Waals surface area contributed by atoms with Gasteiger partial charge in [-0.2, -0.15) is 0 Å². The summed E-state index contributed by atoms with van der Waals surface area (Å²) in [7, 11) is 0. The molecule has 0 amide bonds. The number of aryl methyl sites for hydroxylation is 2. The van der Waals surface area contributed by atoms with Crippen LogP contribution in [0.25, 0.3) is 0 Å². The zero-order chi connectivity index (χ0) is 32.4. The third-order valence-electron chi connectivity index (χ3n) is 6.22. The van der Waals surface area contributed by atoms with Gasteiger partial charge in [0.2, 0.25) is 11.5 Å². The molecule has 2 aromatic carbocycles. The standard InChI is InChI=1S/C19H23ClO4.C15H15ClO4/c1-5-22-19(21)18-13(4)8-16(24-18)10-14-9-15(20)6-7-17(14)23-11-12(2)3;1-3-19-15(18)14-9(2)6-12(20-14)8-10-7-11(16)4-5-13(10)17/h6-9,12H,5,10-11H2,1-4H3;4-7,17H,3,8H2,1-2H3. The Morgan fingerprint density at radius 1 is 0.773 bits per heavy atom. The van der Waals surface area contributed by atoms with E-state index in [1.165, 1.54) is 6.07 Å². The minimum atomic E-state index is -0.480. The highest BCUT2D eigenvalue weighted by Crippen LogP contribution is 2.28. The number of furan rings is 2. The number of hydrogen-bond acceptors (Lipinski definition) is 8. The number of benzene rings is 2. The Balaban J connectivity index is 0.000000244. The van der Waals surface area contributed by atoms with E-state index >= 15 is 0 Å². The summed E-state index contributed by atoms with van der Waals surface area (Å²) in [5.41, 5.74) is 3.03. The number of aromatic hydroxyl groups is 1. The van der Waals surface area contributed by atoms with Crippen LogP contribution in [0.3, 0.4) is 0 Å². The van der Waals surface area contributed by atoms with Crippen LogP contribution >= 0.6 is 23.2 Å². The number of rotatable bonds is 11. The number of carbonyl (C=O) groups is 2. The van der Waals surface area contributed by atoms with E-state index in [0.717, 1.165) is 16.9 Å². The number of phenols is 1.